The molecular weight excluding hydrogens is 340 g/mol. The summed E-state index contributed by atoms with van der Waals surface area (Å²) < 4.78 is 5.21. The van der Waals surface area contributed by atoms with E-state index < -0.39 is 0 Å². The number of hydrogen-bond donors (Lipinski definition) is 2. The summed E-state index contributed by atoms with van der Waals surface area (Å²) in [5.41, 5.74) is 1.60. The van der Waals surface area contributed by atoms with Gasteiger partial charge in [-0.25, -0.2) is 9.97 Å². The van der Waals surface area contributed by atoms with E-state index in [0.29, 0.717) is 33.7 Å². The maximum absolute atomic E-state index is 12.3. The predicted octanol–water partition coefficient (Wildman–Crippen LogP) is 4.13. The van der Waals surface area contributed by atoms with Crippen LogP contribution in [0.5, 0.6) is 5.75 Å². The van der Waals surface area contributed by atoms with E-state index in [0.717, 1.165) is 0 Å². The molecule has 0 bridgehead atoms. The highest BCUT2D eigenvalue weighted by Crippen LogP contribution is 2.24. The van der Waals surface area contributed by atoms with Crippen LogP contribution >= 0.6 is 11.6 Å². The number of methoxy groups -OCH3 is 1. The maximum Gasteiger partial charge on any atom is 0.258 e. The van der Waals surface area contributed by atoms with E-state index in [-0.39, 0.29) is 5.91 Å². The van der Waals surface area contributed by atoms with Gasteiger partial charge in [0, 0.05) is 12.4 Å². The minimum atomic E-state index is -0.325. The van der Waals surface area contributed by atoms with E-state index in [4.69, 9.17) is 16.3 Å². The molecule has 7 heteroatoms. The molecule has 1 amide bonds. The number of aromatic nitrogens is 2. The average molecular weight is 355 g/mol. The fraction of sp³-hybridized carbons (Fsp3) is 0.0556. The molecule has 0 saturated heterocycles. The number of hydrogen-bond acceptors (Lipinski definition) is 5. The minimum absolute atomic E-state index is 0.325. The summed E-state index contributed by atoms with van der Waals surface area (Å²) in [5, 5.41) is 6.33. The summed E-state index contributed by atoms with van der Waals surface area (Å²) in [6.07, 6.45) is 2.88. The van der Waals surface area contributed by atoms with Gasteiger partial charge in [0.25, 0.3) is 5.91 Å². The monoisotopic (exact) mass is 354 g/mol. The van der Waals surface area contributed by atoms with Gasteiger partial charge in [-0.3, -0.25) is 4.79 Å². The van der Waals surface area contributed by atoms with Crippen LogP contribution in [0.2, 0.25) is 5.02 Å². The van der Waals surface area contributed by atoms with Crippen LogP contribution in [0.25, 0.3) is 0 Å². The number of carbonyl (C=O) groups is 1. The predicted molar refractivity (Wildman–Crippen MR) is 97.7 cm³/mol. The van der Waals surface area contributed by atoms with Crippen molar-refractivity contribution in [1.82, 2.24) is 9.97 Å². The van der Waals surface area contributed by atoms with Crippen molar-refractivity contribution in [2.75, 3.05) is 17.7 Å². The standard InChI is InChI=1S/C18H15ClN4O2/c1-25-16-9-5-4-8-15(16)22-17(24)12-10-20-18(21-11-12)23-14-7-3-2-6-13(14)19/h2-11H,1H3,(H,22,24)(H,20,21,23). The van der Waals surface area contributed by atoms with Crippen LogP contribution in [0, 0.1) is 0 Å². The Morgan fingerprint density at radius 3 is 2.32 bits per heavy atom. The highest BCUT2D eigenvalue weighted by molar-refractivity contribution is 6.33. The Hall–Kier alpha value is -3.12. The summed E-state index contributed by atoms with van der Waals surface area (Å²) in [6, 6.07) is 14.4. The molecule has 0 saturated carbocycles. The molecule has 0 unspecified atom stereocenters. The molecular formula is C18H15ClN4O2. The van der Waals surface area contributed by atoms with E-state index in [1.165, 1.54) is 12.4 Å². The van der Waals surface area contributed by atoms with Gasteiger partial charge in [0.1, 0.15) is 5.75 Å². The molecule has 3 aromatic rings. The van der Waals surface area contributed by atoms with Gasteiger partial charge in [-0.1, -0.05) is 35.9 Å². The fourth-order valence-electron chi connectivity index (χ4n) is 2.14. The van der Waals surface area contributed by atoms with E-state index in [9.17, 15) is 4.79 Å². The zero-order valence-electron chi connectivity index (χ0n) is 13.4. The van der Waals surface area contributed by atoms with Crippen LogP contribution in [0.3, 0.4) is 0 Å². The Bertz CT molecular complexity index is 884. The highest BCUT2D eigenvalue weighted by Gasteiger charge is 2.11. The third-order valence-corrected chi connectivity index (χ3v) is 3.72. The molecule has 0 atom stereocenters. The molecule has 0 aliphatic rings. The second-order valence-corrected chi connectivity index (χ2v) is 5.46. The normalized spacial score (nSPS) is 10.2. The van der Waals surface area contributed by atoms with Gasteiger partial charge in [-0.05, 0) is 24.3 Å². The largest absolute Gasteiger partial charge is 0.495 e. The highest BCUT2D eigenvalue weighted by atomic mass is 35.5. The van der Waals surface area contributed by atoms with E-state index >= 15 is 0 Å². The molecule has 0 radical (unpaired) electrons. The molecule has 25 heavy (non-hydrogen) atoms. The molecule has 2 aromatic carbocycles. The summed E-state index contributed by atoms with van der Waals surface area (Å²) >= 11 is 6.08. The number of ether oxygens (including phenoxy) is 1. The van der Waals surface area contributed by atoms with Crippen molar-refractivity contribution in [1.29, 1.82) is 0 Å². The van der Waals surface area contributed by atoms with E-state index in [2.05, 4.69) is 20.6 Å². The lowest BCUT2D eigenvalue weighted by molar-refractivity contribution is 0.102. The first-order valence-electron chi connectivity index (χ1n) is 7.45. The van der Waals surface area contributed by atoms with Gasteiger partial charge >= 0.3 is 0 Å². The second-order valence-electron chi connectivity index (χ2n) is 5.05. The van der Waals surface area contributed by atoms with Crippen molar-refractivity contribution in [3.8, 4) is 5.75 Å². The van der Waals surface area contributed by atoms with E-state index in [1.807, 2.05) is 30.3 Å². The maximum atomic E-state index is 12.3. The Morgan fingerprint density at radius 1 is 1.00 bits per heavy atom. The van der Waals surface area contributed by atoms with Crippen LogP contribution in [-0.4, -0.2) is 23.0 Å². The Balaban J connectivity index is 1.71. The summed E-state index contributed by atoms with van der Waals surface area (Å²) in [5.74, 6) is 0.601. The van der Waals surface area contributed by atoms with Crippen molar-refractivity contribution in [2.45, 2.75) is 0 Å². The van der Waals surface area contributed by atoms with Crippen molar-refractivity contribution >= 4 is 34.8 Å². The third kappa shape index (κ3) is 4.05. The third-order valence-electron chi connectivity index (χ3n) is 3.39. The summed E-state index contributed by atoms with van der Waals surface area (Å²) in [4.78, 5) is 20.6. The van der Waals surface area contributed by atoms with E-state index in [1.54, 1.807) is 25.3 Å². The first-order chi connectivity index (χ1) is 12.2. The number of benzene rings is 2. The number of carbonyl (C=O) groups excluding carboxylic acids is 1. The minimum Gasteiger partial charge on any atom is -0.495 e. The zero-order valence-corrected chi connectivity index (χ0v) is 14.1. The number of anilines is 3. The number of nitrogens with zero attached hydrogens (tertiary/aromatic N) is 2. The summed E-state index contributed by atoms with van der Waals surface area (Å²) in [6.45, 7) is 0. The lowest BCUT2D eigenvalue weighted by atomic mass is 10.2. The molecule has 6 nitrogen and oxygen atoms in total. The first-order valence-corrected chi connectivity index (χ1v) is 7.83. The Kier molecular flexibility index (Phi) is 5.11. The van der Waals surface area contributed by atoms with Gasteiger partial charge in [0.15, 0.2) is 0 Å². The van der Waals surface area contributed by atoms with Crippen molar-refractivity contribution < 1.29 is 9.53 Å². The van der Waals surface area contributed by atoms with Gasteiger partial charge in [-0.15, -0.1) is 0 Å². The van der Waals surface area contributed by atoms with Gasteiger partial charge < -0.3 is 15.4 Å². The number of halogens is 1. The zero-order chi connectivity index (χ0) is 17.6. The fourth-order valence-corrected chi connectivity index (χ4v) is 2.32. The number of nitrogens with one attached hydrogen (secondary N) is 2. The Labute approximate surface area is 149 Å². The van der Waals surface area contributed by atoms with Crippen molar-refractivity contribution in [3.63, 3.8) is 0 Å². The summed E-state index contributed by atoms with van der Waals surface area (Å²) in [7, 11) is 1.54. The van der Waals surface area contributed by atoms with Crippen LogP contribution in [0.15, 0.2) is 60.9 Å². The van der Waals surface area contributed by atoms with Gasteiger partial charge in [0.2, 0.25) is 5.95 Å². The SMILES string of the molecule is COc1ccccc1NC(=O)c1cnc(Nc2ccccc2Cl)nc1. The van der Waals surface area contributed by atoms with Crippen LogP contribution < -0.4 is 15.4 Å². The quantitative estimate of drug-likeness (QED) is 0.720. The molecule has 0 aliphatic heterocycles. The molecule has 1 aromatic heterocycles. The average Bonchev–Trinajstić information content (AvgIpc) is 2.64. The lowest BCUT2D eigenvalue weighted by Crippen LogP contribution is -2.13. The number of amides is 1. The topological polar surface area (TPSA) is 76.1 Å². The van der Waals surface area contributed by atoms with Gasteiger partial charge in [0.05, 0.1) is 29.1 Å². The van der Waals surface area contributed by atoms with Crippen LogP contribution in [0.4, 0.5) is 17.3 Å². The second kappa shape index (κ2) is 7.63. The van der Waals surface area contributed by atoms with Crippen LogP contribution in [0.1, 0.15) is 10.4 Å². The first kappa shape index (κ1) is 16.7. The number of para-hydroxylation sites is 3. The molecule has 3 rings (SSSR count). The van der Waals surface area contributed by atoms with Crippen LogP contribution in [-0.2, 0) is 0 Å². The molecule has 0 spiro atoms. The van der Waals surface area contributed by atoms with Gasteiger partial charge in [-0.2, -0.15) is 0 Å². The van der Waals surface area contributed by atoms with Crippen molar-refractivity contribution in [3.05, 3.63) is 71.5 Å². The van der Waals surface area contributed by atoms with Crippen molar-refractivity contribution in [2.24, 2.45) is 0 Å². The Morgan fingerprint density at radius 2 is 1.64 bits per heavy atom. The smallest absolute Gasteiger partial charge is 0.258 e. The molecule has 2 N–H and O–H groups in total. The lowest BCUT2D eigenvalue weighted by Gasteiger charge is -2.10. The molecule has 0 aliphatic carbocycles. The molecule has 126 valence electrons. The molecule has 1 heterocycles. The number of rotatable bonds is 5. The molecule has 0 fully saturated rings.